The number of hydrogen-bond acceptors (Lipinski definition) is 3. The van der Waals surface area contributed by atoms with Gasteiger partial charge in [0.1, 0.15) is 5.78 Å². The molecule has 0 aliphatic heterocycles. The van der Waals surface area contributed by atoms with Gasteiger partial charge in [0.25, 0.3) is 0 Å². The number of rotatable bonds is 5. The fraction of sp³-hybridized carbons (Fsp3) is 0.500. The van der Waals surface area contributed by atoms with Crippen LogP contribution in [0.3, 0.4) is 0 Å². The number of ketones is 1. The summed E-state index contributed by atoms with van der Waals surface area (Å²) in [5.74, 6) is -1.34. The smallest absolute Gasteiger partial charge is 0.324 e. The Kier molecular flexibility index (Phi) is 5.62. The lowest BCUT2D eigenvalue weighted by Gasteiger charge is -2.31. The van der Waals surface area contributed by atoms with E-state index in [1.165, 1.54) is 0 Å². The molecule has 2 rings (SSSR count). The minimum Gasteiger partial charge on any atom is -0.324 e. The number of carbonyl (C=O) groups excluding carboxylic acids is 1. The molecule has 4 N–H and O–H groups in total. The lowest BCUT2D eigenvalue weighted by Crippen LogP contribution is -2.30. The van der Waals surface area contributed by atoms with Gasteiger partial charge in [-0.1, -0.05) is 36.8 Å². The van der Waals surface area contributed by atoms with Crippen molar-refractivity contribution in [3.8, 4) is 0 Å². The van der Waals surface area contributed by atoms with Crippen LogP contribution in [0, 0.1) is 5.92 Å². The van der Waals surface area contributed by atoms with E-state index >= 15 is 0 Å². The van der Waals surface area contributed by atoms with Crippen molar-refractivity contribution < 1.29 is 33.5 Å². The van der Waals surface area contributed by atoms with Gasteiger partial charge in [0.2, 0.25) is 0 Å². The second kappa shape index (κ2) is 6.98. The summed E-state index contributed by atoms with van der Waals surface area (Å²) in [6.07, 6.45) is 1.20. The van der Waals surface area contributed by atoms with Crippen molar-refractivity contribution in [3.63, 3.8) is 0 Å². The summed E-state index contributed by atoms with van der Waals surface area (Å²) in [6.45, 7) is 0. The van der Waals surface area contributed by atoms with E-state index < -0.39 is 32.9 Å². The van der Waals surface area contributed by atoms with E-state index in [4.69, 9.17) is 0 Å². The number of hydrogen-bond donors (Lipinski definition) is 4. The van der Waals surface area contributed by atoms with Crippen molar-refractivity contribution in [2.24, 2.45) is 5.92 Å². The third-order valence-corrected chi connectivity index (χ3v) is 8.04. The van der Waals surface area contributed by atoms with E-state index in [1.54, 1.807) is 12.1 Å². The van der Waals surface area contributed by atoms with Crippen molar-refractivity contribution in [2.75, 3.05) is 0 Å². The van der Waals surface area contributed by atoms with Crippen LogP contribution in [0.25, 0.3) is 0 Å². The Bertz CT molecular complexity index is 626. The average Bonchev–Trinajstić information content (AvgIpc) is 2.44. The first kappa shape index (κ1) is 18.5. The summed E-state index contributed by atoms with van der Waals surface area (Å²) in [7, 11) is -10.00. The van der Waals surface area contributed by atoms with Gasteiger partial charge in [0, 0.05) is 11.8 Å². The molecule has 2 unspecified atom stereocenters. The molecule has 7 nitrogen and oxygen atoms in total. The van der Waals surface area contributed by atoms with Crippen LogP contribution in [0.4, 0.5) is 0 Å². The highest BCUT2D eigenvalue weighted by Gasteiger charge is 2.46. The molecule has 1 aromatic rings. The molecular weight excluding hydrogens is 342 g/mol. The van der Waals surface area contributed by atoms with Gasteiger partial charge in [-0.3, -0.25) is 13.9 Å². The van der Waals surface area contributed by atoms with Crippen LogP contribution in [0.1, 0.15) is 37.2 Å². The molecule has 0 saturated heterocycles. The molecule has 1 saturated carbocycles. The molecule has 0 radical (unpaired) electrons. The van der Waals surface area contributed by atoms with Crippen LogP contribution >= 0.6 is 15.2 Å². The molecular formula is C14H20O7P2. The second-order valence-corrected chi connectivity index (χ2v) is 9.90. The van der Waals surface area contributed by atoms with E-state index in [0.29, 0.717) is 19.3 Å². The highest BCUT2D eigenvalue weighted by atomic mass is 31.2. The van der Waals surface area contributed by atoms with Crippen molar-refractivity contribution in [3.05, 3.63) is 35.9 Å². The van der Waals surface area contributed by atoms with E-state index in [-0.39, 0.29) is 11.7 Å². The molecule has 1 aliphatic carbocycles. The highest BCUT2D eigenvalue weighted by Crippen LogP contribution is 2.62. The Morgan fingerprint density at radius 2 is 1.57 bits per heavy atom. The van der Waals surface area contributed by atoms with Crippen molar-refractivity contribution in [1.29, 1.82) is 0 Å². The number of benzene rings is 1. The van der Waals surface area contributed by atoms with Crippen LogP contribution in [-0.2, 0) is 13.9 Å². The molecule has 1 fully saturated rings. The Balaban J connectivity index is 2.21. The predicted molar refractivity (Wildman–Crippen MR) is 84.0 cm³/mol. The van der Waals surface area contributed by atoms with Gasteiger partial charge in [-0.05, 0) is 24.8 Å². The van der Waals surface area contributed by atoms with Gasteiger partial charge in [-0.25, -0.2) is 0 Å². The van der Waals surface area contributed by atoms with Crippen LogP contribution in [0.2, 0.25) is 0 Å². The molecule has 1 aliphatic rings. The maximum Gasteiger partial charge on any atom is 0.340 e. The topological polar surface area (TPSA) is 132 Å². The molecule has 0 amide bonds. The maximum atomic E-state index is 12.6. The van der Waals surface area contributed by atoms with Crippen molar-refractivity contribution in [1.82, 2.24) is 0 Å². The Morgan fingerprint density at radius 3 is 2.09 bits per heavy atom. The molecule has 2 atom stereocenters. The Hall–Kier alpha value is -0.810. The normalized spacial score (nSPS) is 23.3. The summed E-state index contributed by atoms with van der Waals surface area (Å²) in [4.78, 5) is 49.5. The van der Waals surface area contributed by atoms with Gasteiger partial charge in [-0.2, -0.15) is 0 Å². The molecule has 9 heteroatoms. The molecule has 23 heavy (non-hydrogen) atoms. The first-order chi connectivity index (χ1) is 10.6. The minimum atomic E-state index is -5.00. The van der Waals surface area contributed by atoms with Gasteiger partial charge in [0.05, 0.1) is 0 Å². The quantitative estimate of drug-likeness (QED) is 0.590. The number of carbonyl (C=O) groups is 1. The first-order valence-electron chi connectivity index (χ1n) is 7.30. The van der Waals surface area contributed by atoms with Gasteiger partial charge in [-0.15, -0.1) is 0 Å². The molecule has 0 bridgehead atoms. The number of Topliss-reactive ketones (excluding diaryl/α,β-unsaturated/α-hetero) is 1. The summed E-state index contributed by atoms with van der Waals surface area (Å²) in [5, 5.41) is -2.11. The van der Waals surface area contributed by atoms with E-state index in [1.807, 2.05) is 18.2 Å². The summed E-state index contributed by atoms with van der Waals surface area (Å²) < 4.78 is 22.8. The maximum absolute atomic E-state index is 12.6. The van der Waals surface area contributed by atoms with Crippen LogP contribution in [0.15, 0.2) is 30.3 Å². The fourth-order valence-electron chi connectivity index (χ4n) is 3.11. The van der Waals surface area contributed by atoms with E-state index in [0.717, 1.165) is 5.56 Å². The lowest BCUT2D eigenvalue weighted by atomic mass is 9.76. The van der Waals surface area contributed by atoms with Gasteiger partial charge >= 0.3 is 15.2 Å². The molecule has 0 aromatic heterocycles. The van der Waals surface area contributed by atoms with Gasteiger partial charge < -0.3 is 19.6 Å². The summed E-state index contributed by atoms with van der Waals surface area (Å²) in [6, 6.07) is 9.06. The van der Waals surface area contributed by atoms with E-state index in [2.05, 4.69) is 0 Å². The second-order valence-electron chi connectivity index (χ2n) is 5.89. The fourth-order valence-corrected chi connectivity index (χ4v) is 5.74. The zero-order valence-electron chi connectivity index (χ0n) is 12.4. The van der Waals surface area contributed by atoms with Crippen LogP contribution in [0.5, 0.6) is 0 Å². The Morgan fingerprint density at radius 1 is 1.00 bits per heavy atom. The minimum absolute atomic E-state index is 0.200. The standard InChI is InChI=1S/C14H20O7P2/c15-14-11(9-13(22(16,17)18)23(19,20)21)7-4-8-12(14)10-5-2-1-3-6-10/h1-3,5-6,11-13H,4,7-9H2,(H2,16,17,18)(H2,19,20,21). The third-order valence-electron chi connectivity index (χ3n) is 4.26. The monoisotopic (exact) mass is 362 g/mol. The lowest BCUT2D eigenvalue weighted by molar-refractivity contribution is -0.126. The van der Waals surface area contributed by atoms with Crippen LogP contribution in [-0.4, -0.2) is 30.8 Å². The molecule has 1 aromatic carbocycles. The van der Waals surface area contributed by atoms with E-state index in [9.17, 15) is 33.5 Å². The first-order valence-corrected chi connectivity index (χ1v) is 10.7. The largest absolute Gasteiger partial charge is 0.340 e. The molecule has 128 valence electrons. The summed E-state index contributed by atoms with van der Waals surface area (Å²) in [5.41, 5.74) is 0.825. The van der Waals surface area contributed by atoms with Gasteiger partial charge in [0.15, 0.2) is 5.40 Å². The van der Waals surface area contributed by atoms with Crippen molar-refractivity contribution >= 4 is 21.0 Å². The summed E-state index contributed by atoms with van der Waals surface area (Å²) >= 11 is 0. The predicted octanol–water partition coefficient (Wildman–Crippen LogP) is 2.21. The SMILES string of the molecule is O=C1C(CC(P(=O)(O)O)P(=O)(O)O)CCCC1c1ccccc1. The zero-order valence-corrected chi connectivity index (χ0v) is 14.1. The highest BCUT2D eigenvalue weighted by molar-refractivity contribution is 7.70. The molecule has 0 spiro atoms. The average molecular weight is 362 g/mol. The van der Waals surface area contributed by atoms with Crippen LogP contribution < -0.4 is 0 Å². The molecule has 0 heterocycles. The zero-order chi connectivity index (χ0) is 17.3. The Labute approximate surface area is 134 Å². The van der Waals surface area contributed by atoms with Crippen molar-refractivity contribution in [2.45, 2.75) is 37.0 Å². The third kappa shape index (κ3) is 4.60.